The molecule has 0 atom stereocenters. The zero-order chi connectivity index (χ0) is 29.3. The molecule has 204 valence electrons. The Morgan fingerprint density at radius 2 is 0.529 bits per heavy atom. The minimum Gasteiger partial charge on any atom is -0.106 e. The van der Waals surface area contributed by atoms with Crippen LogP contribution >= 0.6 is 0 Å². The van der Waals surface area contributed by atoms with Crippen LogP contribution in [0.15, 0.2) is 112 Å². The van der Waals surface area contributed by atoms with Gasteiger partial charge in [0, 0.05) is 0 Å². The summed E-state index contributed by atoms with van der Waals surface area (Å²) in [6, 6.07) is 0. The molecule has 0 radical (unpaired) electrons. The zero-order valence-corrected chi connectivity index (χ0v) is 26.0. The predicted molar refractivity (Wildman–Crippen MR) is 175 cm³/mol. The van der Waals surface area contributed by atoms with Crippen molar-refractivity contribution in [2.45, 2.75) is 109 Å². The summed E-state index contributed by atoms with van der Waals surface area (Å²) in [5, 5.41) is 0. The molecule has 0 unspecified atom stereocenters. The molecular weight excluding hydrogens is 408 g/mol. The van der Waals surface area contributed by atoms with Gasteiger partial charge in [0.2, 0.25) is 0 Å². The molecule has 0 aromatic heterocycles. The summed E-state index contributed by atoms with van der Waals surface area (Å²) in [5.74, 6) is 0. The lowest BCUT2D eigenvalue weighted by Gasteiger charge is -1.65. The van der Waals surface area contributed by atoms with E-state index in [-0.39, 0.29) is 0 Å². The Balaban J connectivity index is -0.0000000299. The topological polar surface area (TPSA) is 0 Å². The summed E-state index contributed by atoms with van der Waals surface area (Å²) in [6.45, 7) is 43.9. The first-order chi connectivity index (χ1) is 16.3. The standard InChI is InChI=1S/2C5H10.4C4H8.2C3H6.C2H4/c2*1-3-5-4-2;4*1-3-4-2;2*1-3-2;1-2/h2*3,5H,4H2,1-2H3;2*3-4H,1-2H3;2*3H,1,4H2,2H3;2*3H,1H2,2H3;1-2H2/b2*5-3+;2*4-3+;;;;;. The molecule has 0 bridgehead atoms. The van der Waals surface area contributed by atoms with E-state index in [0.29, 0.717) is 0 Å². The van der Waals surface area contributed by atoms with Crippen molar-refractivity contribution < 1.29 is 0 Å². The molecule has 0 aliphatic rings. The SMILES string of the molecule is C/C=C/C.C/C=C/C.C/C=C/CC.C/C=C/CC.C=C.C=CC.C=CC.C=CCC.C=CCC. The van der Waals surface area contributed by atoms with Crippen molar-refractivity contribution in [3.05, 3.63) is 112 Å². The van der Waals surface area contributed by atoms with Gasteiger partial charge in [-0.25, -0.2) is 0 Å². The van der Waals surface area contributed by atoms with E-state index in [2.05, 4.69) is 91.5 Å². The van der Waals surface area contributed by atoms with Crippen LogP contribution in [0.3, 0.4) is 0 Å². The maximum Gasteiger partial charge on any atom is -0.0379 e. The third-order valence-electron chi connectivity index (χ3n) is 2.19. The summed E-state index contributed by atoms with van der Waals surface area (Å²) in [6.07, 6.45) is 28.1. The molecule has 0 amide bonds. The molecule has 0 aromatic rings. The summed E-state index contributed by atoms with van der Waals surface area (Å²) >= 11 is 0. The van der Waals surface area contributed by atoms with Crippen LogP contribution < -0.4 is 0 Å². The first kappa shape index (κ1) is 58.0. The molecule has 0 saturated carbocycles. The normalized spacial score (nSPS) is 7.53. The molecule has 34 heavy (non-hydrogen) atoms. The Morgan fingerprint density at radius 1 is 0.382 bits per heavy atom. The number of hydrogen-bond donors (Lipinski definition) is 0. The number of rotatable bonds is 4. The van der Waals surface area contributed by atoms with E-state index in [4.69, 9.17) is 0 Å². The molecule has 0 heterocycles. The van der Waals surface area contributed by atoms with E-state index in [9.17, 15) is 0 Å². The van der Waals surface area contributed by atoms with Crippen LogP contribution in [0.2, 0.25) is 0 Å². The van der Waals surface area contributed by atoms with Crippen LogP contribution in [0.5, 0.6) is 0 Å². The average Bonchev–Trinajstić information content (AvgIpc) is 2.88. The van der Waals surface area contributed by atoms with Crippen molar-refractivity contribution in [2.24, 2.45) is 0 Å². The highest BCUT2D eigenvalue weighted by Gasteiger charge is 1.52. The van der Waals surface area contributed by atoms with Crippen LogP contribution in [0.1, 0.15) is 109 Å². The maximum absolute atomic E-state index is 3.48. The van der Waals surface area contributed by atoms with Gasteiger partial charge in [-0.1, -0.05) is 101 Å². The molecule has 0 nitrogen and oxygen atoms in total. The molecule has 0 heteroatoms. The van der Waals surface area contributed by atoms with Gasteiger partial charge in [0.25, 0.3) is 0 Å². The molecule has 0 N–H and O–H groups in total. The van der Waals surface area contributed by atoms with Gasteiger partial charge >= 0.3 is 0 Å². The Hall–Kier alpha value is -2.34. The fourth-order valence-corrected chi connectivity index (χ4v) is 0.471. The predicted octanol–water partition coefficient (Wildman–Crippen LogP) is 13.5. The highest BCUT2D eigenvalue weighted by atomic mass is 13.6. The number of hydrogen-bond acceptors (Lipinski definition) is 0. The lowest BCUT2D eigenvalue weighted by Crippen LogP contribution is -1.43. The zero-order valence-electron chi connectivity index (χ0n) is 26.0. The Kier molecular flexibility index (Phi) is 246. The minimum atomic E-state index is 1.08. The van der Waals surface area contributed by atoms with Gasteiger partial charge in [0.05, 0.1) is 0 Å². The fraction of sp³-hybridized carbons (Fsp3) is 0.471. The largest absolute Gasteiger partial charge is 0.106 e. The van der Waals surface area contributed by atoms with Crippen LogP contribution in [-0.4, -0.2) is 0 Å². The molecule has 0 rings (SSSR count). The highest BCUT2D eigenvalue weighted by molar-refractivity contribution is 4.74. The first-order valence-electron chi connectivity index (χ1n) is 12.5. The van der Waals surface area contributed by atoms with Crippen LogP contribution in [0.4, 0.5) is 0 Å². The molecule has 0 fully saturated rings. The van der Waals surface area contributed by atoms with Crippen LogP contribution in [-0.2, 0) is 0 Å². The van der Waals surface area contributed by atoms with Gasteiger partial charge in [0.1, 0.15) is 0 Å². The quantitative estimate of drug-likeness (QED) is 0.354. The summed E-state index contributed by atoms with van der Waals surface area (Å²) in [4.78, 5) is 0. The Morgan fingerprint density at radius 3 is 0.529 bits per heavy atom. The van der Waals surface area contributed by atoms with E-state index in [1.54, 1.807) is 12.2 Å². The maximum atomic E-state index is 3.48. The average molecular weight is 477 g/mol. The highest BCUT2D eigenvalue weighted by Crippen LogP contribution is 1.74. The van der Waals surface area contributed by atoms with E-state index in [1.165, 1.54) is 0 Å². The molecule has 0 saturated heterocycles. The third kappa shape index (κ3) is 760. The second-order valence-corrected chi connectivity index (χ2v) is 5.50. The Labute approximate surface area is 221 Å². The monoisotopic (exact) mass is 477 g/mol. The van der Waals surface area contributed by atoms with E-state index in [1.807, 2.05) is 91.8 Å². The van der Waals surface area contributed by atoms with Crippen molar-refractivity contribution in [3.8, 4) is 0 Å². The first-order valence-corrected chi connectivity index (χ1v) is 12.5. The van der Waals surface area contributed by atoms with Crippen molar-refractivity contribution in [2.75, 3.05) is 0 Å². The lowest BCUT2D eigenvalue weighted by molar-refractivity contribution is 1.22. The van der Waals surface area contributed by atoms with Gasteiger partial charge in [-0.05, 0) is 81.1 Å². The van der Waals surface area contributed by atoms with Gasteiger partial charge in [-0.15, -0.1) is 39.5 Å². The van der Waals surface area contributed by atoms with E-state index in [0.717, 1.165) is 25.7 Å². The minimum absolute atomic E-state index is 1.08. The second-order valence-electron chi connectivity index (χ2n) is 5.50. The van der Waals surface area contributed by atoms with Gasteiger partial charge < -0.3 is 0 Å². The van der Waals surface area contributed by atoms with Crippen molar-refractivity contribution in [1.29, 1.82) is 0 Å². The van der Waals surface area contributed by atoms with Gasteiger partial charge in [0.15, 0.2) is 0 Å². The van der Waals surface area contributed by atoms with Crippen molar-refractivity contribution in [1.82, 2.24) is 0 Å². The molecule has 0 aromatic carbocycles. The molecular formula is C34H68. The lowest BCUT2D eigenvalue weighted by atomic mass is 10.4. The van der Waals surface area contributed by atoms with Crippen LogP contribution in [0, 0.1) is 0 Å². The van der Waals surface area contributed by atoms with Crippen LogP contribution in [0.25, 0.3) is 0 Å². The van der Waals surface area contributed by atoms with Crippen molar-refractivity contribution >= 4 is 0 Å². The van der Waals surface area contributed by atoms with Crippen molar-refractivity contribution in [3.63, 3.8) is 0 Å². The van der Waals surface area contributed by atoms with E-state index >= 15 is 0 Å². The fourth-order valence-electron chi connectivity index (χ4n) is 0.471. The summed E-state index contributed by atoms with van der Waals surface area (Å²) < 4.78 is 0. The molecule has 0 aliphatic carbocycles. The summed E-state index contributed by atoms with van der Waals surface area (Å²) in [7, 11) is 0. The smallest absolute Gasteiger partial charge is 0.0379 e. The van der Waals surface area contributed by atoms with E-state index < -0.39 is 0 Å². The van der Waals surface area contributed by atoms with Gasteiger partial charge in [-0.3, -0.25) is 0 Å². The summed E-state index contributed by atoms with van der Waals surface area (Å²) in [5.41, 5.74) is 0. The number of allylic oxidation sites excluding steroid dienone is 12. The van der Waals surface area contributed by atoms with Gasteiger partial charge in [-0.2, -0.15) is 0 Å². The molecule has 0 spiro atoms. The third-order valence-corrected chi connectivity index (χ3v) is 2.19. The molecule has 0 aliphatic heterocycles. The Bertz CT molecular complexity index is 317. The second kappa shape index (κ2) is 145.